The maximum Gasteiger partial charge on any atom is 0.293 e. The molecule has 0 unspecified atom stereocenters. The van der Waals surface area contributed by atoms with E-state index in [0.29, 0.717) is 38.3 Å². The molecule has 0 saturated carbocycles. The van der Waals surface area contributed by atoms with Crippen molar-refractivity contribution in [2.45, 2.75) is 26.2 Å². The van der Waals surface area contributed by atoms with Crippen molar-refractivity contribution < 1.29 is 9.72 Å². The maximum atomic E-state index is 13.0. The first-order valence-corrected chi connectivity index (χ1v) is 10.7. The van der Waals surface area contributed by atoms with Crippen LogP contribution in [0.25, 0.3) is 6.08 Å². The SMILES string of the molecule is CC1=NN(c2ccc(Cl)c(Cl)c2)C(=O)/C1=C\c1ccc(N2CCCCC2)c([N+](=O)[O-])c1. The van der Waals surface area contributed by atoms with E-state index in [1.54, 1.807) is 43.3 Å². The van der Waals surface area contributed by atoms with Crippen LogP contribution >= 0.6 is 23.2 Å². The number of carbonyl (C=O) groups excluding carboxylic acids is 1. The van der Waals surface area contributed by atoms with Crippen LogP contribution in [0.2, 0.25) is 10.0 Å². The fourth-order valence-electron chi connectivity index (χ4n) is 3.82. The number of nitrogens with zero attached hydrogens (tertiary/aromatic N) is 4. The first-order valence-electron chi connectivity index (χ1n) is 9.95. The molecule has 0 atom stereocenters. The number of rotatable bonds is 4. The number of carbonyl (C=O) groups is 1. The Bertz CT molecular complexity index is 1120. The van der Waals surface area contributed by atoms with E-state index in [1.807, 2.05) is 0 Å². The average Bonchev–Trinajstić information content (AvgIpc) is 3.04. The zero-order valence-electron chi connectivity index (χ0n) is 16.8. The van der Waals surface area contributed by atoms with Gasteiger partial charge in [-0.25, -0.2) is 0 Å². The van der Waals surface area contributed by atoms with Gasteiger partial charge >= 0.3 is 0 Å². The van der Waals surface area contributed by atoms with Crippen LogP contribution in [-0.4, -0.2) is 29.6 Å². The molecule has 0 radical (unpaired) electrons. The second kappa shape index (κ2) is 8.69. The molecule has 0 N–H and O–H groups in total. The standard InChI is InChI=1S/C22H20Cl2N4O3/c1-14-17(22(29)27(25-14)16-6-7-18(23)19(24)13-16)11-15-5-8-20(21(12-15)28(30)31)26-9-3-2-4-10-26/h5-8,11-13H,2-4,9-10H2,1H3/b17-11-. The van der Waals surface area contributed by atoms with Gasteiger partial charge in [-0.15, -0.1) is 0 Å². The van der Waals surface area contributed by atoms with E-state index < -0.39 is 0 Å². The zero-order valence-corrected chi connectivity index (χ0v) is 18.4. The summed E-state index contributed by atoms with van der Waals surface area (Å²) in [5.74, 6) is -0.335. The highest BCUT2D eigenvalue weighted by molar-refractivity contribution is 6.42. The summed E-state index contributed by atoms with van der Waals surface area (Å²) in [4.78, 5) is 26.4. The van der Waals surface area contributed by atoms with Crippen molar-refractivity contribution >= 4 is 58.0 Å². The molecule has 2 aliphatic rings. The Morgan fingerprint density at radius 1 is 1.06 bits per heavy atom. The predicted octanol–water partition coefficient (Wildman–Crippen LogP) is 5.70. The van der Waals surface area contributed by atoms with Crippen LogP contribution in [0.5, 0.6) is 0 Å². The van der Waals surface area contributed by atoms with Gasteiger partial charge in [0.15, 0.2) is 0 Å². The van der Waals surface area contributed by atoms with E-state index in [-0.39, 0.29) is 16.5 Å². The molecule has 7 nitrogen and oxygen atoms in total. The van der Waals surface area contributed by atoms with Gasteiger partial charge < -0.3 is 4.90 Å². The van der Waals surface area contributed by atoms with Crippen LogP contribution in [-0.2, 0) is 4.79 Å². The summed E-state index contributed by atoms with van der Waals surface area (Å²) in [5.41, 5.74) is 2.60. The third-order valence-corrected chi connectivity index (χ3v) is 6.15. The van der Waals surface area contributed by atoms with E-state index >= 15 is 0 Å². The summed E-state index contributed by atoms with van der Waals surface area (Å²) in [6.45, 7) is 3.34. The number of nitro benzene ring substituents is 1. The van der Waals surface area contributed by atoms with Crippen molar-refractivity contribution in [1.29, 1.82) is 0 Å². The molecule has 1 amide bonds. The lowest BCUT2D eigenvalue weighted by Gasteiger charge is -2.28. The third kappa shape index (κ3) is 4.29. The van der Waals surface area contributed by atoms with Crippen molar-refractivity contribution in [2.75, 3.05) is 23.0 Å². The van der Waals surface area contributed by atoms with E-state index in [1.165, 1.54) is 11.1 Å². The molecule has 31 heavy (non-hydrogen) atoms. The lowest BCUT2D eigenvalue weighted by Crippen LogP contribution is -2.29. The van der Waals surface area contributed by atoms with E-state index in [9.17, 15) is 14.9 Å². The van der Waals surface area contributed by atoms with Gasteiger partial charge in [-0.1, -0.05) is 29.3 Å². The molecule has 2 aromatic rings. The van der Waals surface area contributed by atoms with Gasteiger partial charge in [0, 0.05) is 19.2 Å². The molecule has 1 fully saturated rings. The van der Waals surface area contributed by atoms with Gasteiger partial charge in [0.1, 0.15) is 5.69 Å². The highest BCUT2D eigenvalue weighted by Crippen LogP contribution is 2.34. The van der Waals surface area contributed by atoms with E-state index in [2.05, 4.69) is 10.0 Å². The Kier molecular flexibility index (Phi) is 5.98. The summed E-state index contributed by atoms with van der Waals surface area (Å²) in [5, 5.41) is 18.0. The van der Waals surface area contributed by atoms with Crippen molar-refractivity contribution in [1.82, 2.24) is 0 Å². The minimum absolute atomic E-state index is 0.0395. The number of amides is 1. The van der Waals surface area contributed by atoms with Crippen molar-refractivity contribution in [3.8, 4) is 0 Å². The van der Waals surface area contributed by atoms with E-state index in [0.717, 1.165) is 32.4 Å². The Morgan fingerprint density at radius 3 is 2.48 bits per heavy atom. The minimum atomic E-state index is -0.370. The van der Waals surface area contributed by atoms with Gasteiger partial charge in [0.25, 0.3) is 11.6 Å². The fourth-order valence-corrected chi connectivity index (χ4v) is 4.11. The highest BCUT2D eigenvalue weighted by atomic mass is 35.5. The molecule has 0 spiro atoms. The van der Waals surface area contributed by atoms with Crippen LogP contribution in [0.4, 0.5) is 17.1 Å². The van der Waals surface area contributed by atoms with Crippen molar-refractivity contribution in [2.24, 2.45) is 5.10 Å². The summed E-state index contributed by atoms with van der Waals surface area (Å²) in [6, 6.07) is 9.90. The van der Waals surface area contributed by atoms with Crippen LogP contribution < -0.4 is 9.91 Å². The van der Waals surface area contributed by atoms with Crippen LogP contribution in [0.15, 0.2) is 47.1 Å². The maximum absolute atomic E-state index is 13.0. The molecular formula is C22H20Cl2N4O3. The van der Waals surface area contributed by atoms with Crippen molar-refractivity contribution in [3.63, 3.8) is 0 Å². The lowest BCUT2D eigenvalue weighted by molar-refractivity contribution is -0.384. The molecule has 9 heteroatoms. The Hall–Kier alpha value is -2.90. The normalized spacial score (nSPS) is 18.0. The van der Waals surface area contributed by atoms with Crippen LogP contribution in [0, 0.1) is 10.1 Å². The zero-order chi connectivity index (χ0) is 22.1. The molecule has 2 aromatic carbocycles. The number of piperidine rings is 1. The summed E-state index contributed by atoms with van der Waals surface area (Å²) < 4.78 is 0. The summed E-state index contributed by atoms with van der Waals surface area (Å²) in [7, 11) is 0. The molecule has 2 heterocycles. The Morgan fingerprint density at radius 2 is 1.81 bits per heavy atom. The summed E-state index contributed by atoms with van der Waals surface area (Å²) in [6.07, 6.45) is 4.82. The molecule has 0 aliphatic carbocycles. The van der Waals surface area contributed by atoms with Crippen molar-refractivity contribution in [3.05, 3.63) is 67.7 Å². The van der Waals surface area contributed by atoms with Gasteiger partial charge in [0.2, 0.25) is 0 Å². The topological polar surface area (TPSA) is 79.0 Å². The first-order chi connectivity index (χ1) is 14.8. The fraction of sp³-hybridized carbons (Fsp3) is 0.273. The molecule has 160 valence electrons. The van der Waals surface area contributed by atoms with Crippen LogP contribution in [0.1, 0.15) is 31.7 Å². The number of hydrogen-bond acceptors (Lipinski definition) is 5. The number of halogens is 2. The molecule has 0 aromatic heterocycles. The molecule has 4 rings (SSSR count). The number of nitro groups is 1. The predicted molar refractivity (Wildman–Crippen MR) is 124 cm³/mol. The number of hydrazone groups is 1. The molecule has 2 aliphatic heterocycles. The van der Waals surface area contributed by atoms with Crippen LogP contribution in [0.3, 0.4) is 0 Å². The Labute approximate surface area is 189 Å². The van der Waals surface area contributed by atoms with E-state index in [4.69, 9.17) is 23.2 Å². The Balaban J connectivity index is 1.65. The number of hydrogen-bond donors (Lipinski definition) is 0. The molecular weight excluding hydrogens is 439 g/mol. The second-order valence-electron chi connectivity index (χ2n) is 7.51. The monoisotopic (exact) mass is 458 g/mol. The van der Waals surface area contributed by atoms with Gasteiger partial charge in [0.05, 0.1) is 31.9 Å². The number of benzene rings is 2. The number of anilines is 2. The smallest absolute Gasteiger partial charge is 0.293 e. The second-order valence-corrected chi connectivity index (χ2v) is 8.33. The quantitative estimate of drug-likeness (QED) is 0.334. The lowest BCUT2D eigenvalue weighted by atomic mass is 10.0. The summed E-state index contributed by atoms with van der Waals surface area (Å²) >= 11 is 12.0. The minimum Gasteiger partial charge on any atom is -0.366 e. The highest BCUT2D eigenvalue weighted by Gasteiger charge is 2.29. The van der Waals surface area contributed by atoms with Gasteiger partial charge in [-0.05, 0) is 62.1 Å². The van der Waals surface area contributed by atoms with Gasteiger partial charge in [-0.2, -0.15) is 10.1 Å². The third-order valence-electron chi connectivity index (χ3n) is 5.41. The first kappa shape index (κ1) is 21.3. The average molecular weight is 459 g/mol. The largest absolute Gasteiger partial charge is 0.366 e. The molecule has 1 saturated heterocycles. The molecule has 0 bridgehead atoms. The van der Waals surface area contributed by atoms with Gasteiger partial charge in [-0.3, -0.25) is 14.9 Å².